The Kier molecular flexibility index (Phi) is 7.68. The summed E-state index contributed by atoms with van der Waals surface area (Å²) in [6.45, 7) is 4.65. The van der Waals surface area contributed by atoms with E-state index in [1.165, 1.54) is 12.1 Å². The summed E-state index contributed by atoms with van der Waals surface area (Å²) in [6, 6.07) is 9.55. The van der Waals surface area contributed by atoms with E-state index in [0.29, 0.717) is 11.3 Å². The average Bonchev–Trinajstić information content (AvgIpc) is 2.66. The summed E-state index contributed by atoms with van der Waals surface area (Å²) >= 11 is 0. The van der Waals surface area contributed by atoms with E-state index in [9.17, 15) is 22.8 Å². The Hall–Kier alpha value is -3.23. The monoisotopic (exact) mass is 423 g/mol. The minimum atomic E-state index is -4.50. The van der Waals surface area contributed by atoms with Gasteiger partial charge >= 0.3 is 12.2 Å². The van der Waals surface area contributed by atoms with Crippen molar-refractivity contribution in [2.75, 3.05) is 25.0 Å². The third-order valence-corrected chi connectivity index (χ3v) is 4.24. The Morgan fingerprint density at radius 3 is 2.27 bits per heavy atom. The fourth-order valence-electron chi connectivity index (χ4n) is 2.69. The van der Waals surface area contributed by atoms with Gasteiger partial charge in [-0.2, -0.15) is 13.2 Å². The number of hydrogen-bond donors (Lipinski definition) is 3. The van der Waals surface area contributed by atoms with Crippen LogP contribution in [0.2, 0.25) is 0 Å². The molecule has 162 valence electrons. The first-order chi connectivity index (χ1) is 14.1. The number of carbonyl (C=O) groups is 2. The Balaban J connectivity index is 1.88. The van der Waals surface area contributed by atoms with Gasteiger partial charge in [0.05, 0.1) is 6.54 Å². The van der Waals surface area contributed by atoms with E-state index < -0.39 is 24.7 Å². The van der Waals surface area contributed by atoms with Gasteiger partial charge in [0.25, 0.3) is 5.91 Å². The summed E-state index contributed by atoms with van der Waals surface area (Å²) in [5.74, 6) is -0.106. The van der Waals surface area contributed by atoms with Gasteiger partial charge in [-0.05, 0) is 49.6 Å². The maximum Gasteiger partial charge on any atom is 0.405 e. The number of nitrogens with one attached hydrogen (secondary N) is 3. The highest BCUT2D eigenvalue weighted by Crippen LogP contribution is 2.22. The van der Waals surface area contributed by atoms with Crippen molar-refractivity contribution in [3.05, 3.63) is 58.7 Å². The van der Waals surface area contributed by atoms with Gasteiger partial charge in [0.1, 0.15) is 18.9 Å². The van der Waals surface area contributed by atoms with Gasteiger partial charge in [0.15, 0.2) is 0 Å². The molecule has 0 radical (unpaired) electrons. The fourth-order valence-corrected chi connectivity index (χ4v) is 2.69. The number of alkyl halides is 3. The third-order valence-electron chi connectivity index (χ3n) is 4.24. The number of carbonyl (C=O) groups excluding carboxylic acids is 2. The Bertz CT molecular complexity index is 894. The fraction of sp³-hybridized carbons (Fsp3) is 0.333. The smallest absolute Gasteiger partial charge is 0.405 e. The first-order valence-corrected chi connectivity index (χ1v) is 9.26. The molecule has 9 heteroatoms. The van der Waals surface area contributed by atoms with Crippen molar-refractivity contribution in [2.45, 2.75) is 26.9 Å². The molecule has 0 atom stereocenters. The van der Waals surface area contributed by atoms with Crippen molar-refractivity contribution in [1.82, 2.24) is 10.6 Å². The minimum Gasteiger partial charge on any atom is -0.491 e. The molecule has 0 heterocycles. The van der Waals surface area contributed by atoms with Crippen LogP contribution in [0, 0.1) is 20.8 Å². The highest BCUT2D eigenvalue weighted by atomic mass is 19.4. The molecule has 3 amide bonds. The number of amides is 3. The Labute approximate surface area is 172 Å². The second-order valence-corrected chi connectivity index (χ2v) is 6.78. The van der Waals surface area contributed by atoms with Gasteiger partial charge in [-0.1, -0.05) is 24.3 Å². The van der Waals surface area contributed by atoms with Gasteiger partial charge in [-0.15, -0.1) is 0 Å². The summed E-state index contributed by atoms with van der Waals surface area (Å²) in [5, 5.41) is 7.02. The molecule has 0 spiro atoms. The number of benzene rings is 2. The summed E-state index contributed by atoms with van der Waals surface area (Å²) in [6.07, 6.45) is -4.50. The van der Waals surface area contributed by atoms with Gasteiger partial charge in [-0.25, -0.2) is 4.79 Å². The van der Waals surface area contributed by atoms with Crippen LogP contribution in [-0.4, -0.2) is 37.8 Å². The zero-order chi connectivity index (χ0) is 22.3. The number of hydrogen-bond acceptors (Lipinski definition) is 3. The lowest BCUT2D eigenvalue weighted by Crippen LogP contribution is -2.34. The largest absolute Gasteiger partial charge is 0.491 e. The SMILES string of the molecule is Cc1ccc(C(=O)NCC(F)(F)F)cc1NC(=O)NCCOc1c(C)cccc1C. The van der Waals surface area contributed by atoms with Crippen LogP contribution in [0.4, 0.5) is 23.7 Å². The molecule has 0 fully saturated rings. The van der Waals surface area contributed by atoms with Crippen LogP contribution in [0.5, 0.6) is 5.75 Å². The van der Waals surface area contributed by atoms with Crippen molar-refractivity contribution < 1.29 is 27.5 Å². The standard InChI is InChI=1S/C21H24F3N3O3/c1-13-7-8-16(19(28)26-12-21(22,23)24)11-17(13)27-20(29)25-9-10-30-18-14(2)5-4-6-15(18)3/h4-8,11H,9-10,12H2,1-3H3,(H,26,28)(H2,25,27,29). The maximum atomic E-state index is 12.3. The molecule has 3 N–H and O–H groups in total. The zero-order valence-electron chi connectivity index (χ0n) is 16.9. The second kappa shape index (κ2) is 10.00. The molecule has 0 aliphatic heterocycles. The second-order valence-electron chi connectivity index (χ2n) is 6.78. The first-order valence-electron chi connectivity index (χ1n) is 9.26. The lowest BCUT2D eigenvalue weighted by atomic mass is 10.1. The normalized spacial score (nSPS) is 11.0. The average molecular weight is 423 g/mol. The number of urea groups is 1. The summed E-state index contributed by atoms with van der Waals surface area (Å²) in [7, 11) is 0. The lowest BCUT2D eigenvalue weighted by molar-refractivity contribution is -0.123. The van der Waals surface area contributed by atoms with Gasteiger partial charge in [0.2, 0.25) is 0 Å². The molecule has 2 aromatic carbocycles. The van der Waals surface area contributed by atoms with Crippen molar-refractivity contribution in [3.63, 3.8) is 0 Å². The third kappa shape index (κ3) is 6.98. The van der Waals surface area contributed by atoms with Crippen LogP contribution >= 0.6 is 0 Å². The Morgan fingerprint density at radius 2 is 1.63 bits per heavy atom. The van der Waals surface area contributed by atoms with E-state index >= 15 is 0 Å². The van der Waals surface area contributed by atoms with E-state index in [-0.39, 0.29) is 18.7 Å². The number of halogens is 3. The number of anilines is 1. The van der Waals surface area contributed by atoms with Gasteiger partial charge in [0, 0.05) is 11.3 Å². The van der Waals surface area contributed by atoms with E-state index in [4.69, 9.17) is 4.74 Å². The molecular formula is C21H24F3N3O3. The zero-order valence-corrected chi connectivity index (χ0v) is 16.9. The molecule has 0 aliphatic carbocycles. The minimum absolute atomic E-state index is 0.0125. The summed E-state index contributed by atoms with van der Waals surface area (Å²) < 4.78 is 42.5. The molecular weight excluding hydrogens is 399 g/mol. The molecule has 0 saturated carbocycles. The van der Waals surface area contributed by atoms with Crippen molar-refractivity contribution in [1.29, 1.82) is 0 Å². The predicted molar refractivity (Wildman–Crippen MR) is 108 cm³/mol. The molecule has 0 aromatic heterocycles. The number of rotatable bonds is 7. The number of ether oxygens (including phenoxy) is 1. The van der Waals surface area contributed by atoms with Gasteiger partial charge in [-0.3, -0.25) is 4.79 Å². The molecule has 0 unspecified atom stereocenters. The molecule has 30 heavy (non-hydrogen) atoms. The van der Waals surface area contributed by atoms with E-state index in [1.54, 1.807) is 18.3 Å². The van der Waals surface area contributed by atoms with Crippen LogP contribution in [0.15, 0.2) is 36.4 Å². The molecule has 0 saturated heterocycles. The number of aryl methyl sites for hydroxylation is 3. The molecule has 2 aromatic rings. The van der Waals surface area contributed by atoms with E-state index in [2.05, 4.69) is 10.6 Å². The maximum absolute atomic E-state index is 12.3. The highest BCUT2D eigenvalue weighted by molar-refractivity contribution is 5.97. The van der Waals surface area contributed by atoms with E-state index in [0.717, 1.165) is 16.9 Å². The van der Waals surface area contributed by atoms with Crippen LogP contribution < -0.4 is 20.7 Å². The lowest BCUT2D eigenvalue weighted by Gasteiger charge is -2.14. The molecule has 2 rings (SSSR count). The summed E-state index contributed by atoms with van der Waals surface area (Å²) in [5.41, 5.74) is 2.98. The quantitative estimate of drug-likeness (QED) is 0.587. The van der Waals surface area contributed by atoms with Crippen molar-refractivity contribution in [3.8, 4) is 5.75 Å². The van der Waals surface area contributed by atoms with Crippen molar-refractivity contribution in [2.24, 2.45) is 0 Å². The van der Waals surface area contributed by atoms with Gasteiger partial charge < -0.3 is 20.7 Å². The Morgan fingerprint density at radius 1 is 0.967 bits per heavy atom. The molecule has 0 bridgehead atoms. The van der Waals surface area contributed by atoms with E-state index in [1.807, 2.05) is 32.0 Å². The number of para-hydroxylation sites is 1. The van der Waals surface area contributed by atoms with Crippen LogP contribution in [0.25, 0.3) is 0 Å². The van der Waals surface area contributed by atoms with Crippen LogP contribution in [-0.2, 0) is 0 Å². The molecule has 0 aliphatic rings. The highest BCUT2D eigenvalue weighted by Gasteiger charge is 2.28. The predicted octanol–water partition coefficient (Wildman–Crippen LogP) is 4.10. The van der Waals surface area contributed by atoms with Crippen molar-refractivity contribution >= 4 is 17.6 Å². The van der Waals surface area contributed by atoms with Crippen LogP contribution in [0.3, 0.4) is 0 Å². The topological polar surface area (TPSA) is 79.5 Å². The molecule has 6 nitrogen and oxygen atoms in total. The van der Waals surface area contributed by atoms with Crippen LogP contribution in [0.1, 0.15) is 27.0 Å². The first kappa shape index (κ1) is 23.1. The summed E-state index contributed by atoms with van der Waals surface area (Å²) in [4.78, 5) is 24.0.